The average Bonchev–Trinajstić information content (AvgIpc) is 2.69. The summed E-state index contributed by atoms with van der Waals surface area (Å²) in [6.45, 7) is 4.63. The number of fused-ring (bicyclic) bond motifs is 1. The molecule has 0 fully saturated rings. The minimum atomic E-state index is 0.103. The van der Waals surface area contributed by atoms with Crippen molar-refractivity contribution in [3.05, 3.63) is 18.2 Å². The highest BCUT2D eigenvalue weighted by Gasteiger charge is 2.08. The monoisotopic (exact) mass is 239 g/mol. The van der Waals surface area contributed by atoms with Gasteiger partial charge in [-0.3, -0.25) is 4.40 Å². The molecule has 86 valence electrons. The van der Waals surface area contributed by atoms with Crippen LogP contribution in [0.5, 0.6) is 0 Å². The van der Waals surface area contributed by atoms with Gasteiger partial charge in [-0.1, -0.05) is 6.92 Å². The van der Waals surface area contributed by atoms with Crippen LogP contribution in [0.1, 0.15) is 19.2 Å². The van der Waals surface area contributed by atoms with Gasteiger partial charge in [-0.05, 0) is 13.3 Å². The molecule has 2 aromatic heterocycles. The minimum absolute atomic E-state index is 0.103. The number of anilines is 1. The van der Waals surface area contributed by atoms with Gasteiger partial charge in [-0.15, -0.1) is 21.8 Å². The number of rotatable bonds is 4. The van der Waals surface area contributed by atoms with E-state index in [0.29, 0.717) is 6.54 Å². The number of aromatic nitrogens is 4. The van der Waals surface area contributed by atoms with E-state index in [2.05, 4.69) is 27.4 Å². The lowest BCUT2D eigenvalue weighted by atomic mass is 10.3. The molecular weight excluding hydrogens is 226 g/mol. The van der Waals surface area contributed by atoms with Gasteiger partial charge in [0.05, 0.1) is 5.38 Å². The van der Waals surface area contributed by atoms with Crippen molar-refractivity contribution in [3.8, 4) is 0 Å². The number of hydrogen-bond acceptors (Lipinski definition) is 4. The van der Waals surface area contributed by atoms with Gasteiger partial charge in [0.2, 0.25) is 5.65 Å². The van der Waals surface area contributed by atoms with Crippen LogP contribution in [0, 0.1) is 6.92 Å². The Labute approximate surface area is 98.9 Å². The second-order valence-corrected chi connectivity index (χ2v) is 4.22. The van der Waals surface area contributed by atoms with E-state index >= 15 is 0 Å². The van der Waals surface area contributed by atoms with E-state index in [1.165, 1.54) is 0 Å². The van der Waals surface area contributed by atoms with E-state index in [4.69, 9.17) is 11.6 Å². The first-order chi connectivity index (χ1) is 7.72. The first-order valence-corrected chi connectivity index (χ1v) is 5.70. The number of alkyl halides is 1. The van der Waals surface area contributed by atoms with Crippen molar-refractivity contribution in [3.63, 3.8) is 0 Å². The Morgan fingerprint density at radius 2 is 2.31 bits per heavy atom. The molecule has 0 amide bonds. The lowest BCUT2D eigenvalue weighted by Gasteiger charge is -2.09. The van der Waals surface area contributed by atoms with Gasteiger partial charge in [0.1, 0.15) is 5.82 Å². The third-order valence-electron chi connectivity index (χ3n) is 2.43. The second kappa shape index (κ2) is 4.65. The summed E-state index contributed by atoms with van der Waals surface area (Å²) in [5.74, 6) is 1.57. The van der Waals surface area contributed by atoms with Gasteiger partial charge in [0.15, 0.2) is 5.82 Å². The quantitative estimate of drug-likeness (QED) is 0.828. The van der Waals surface area contributed by atoms with E-state index in [9.17, 15) is 0 Å². The zero-order chi connectivity index (χ0) is 11.5. The Bertz CT molecular complexity index is 481. The predicted octanol–water partition coefficient (Wildman–Crippen LogP) is 1.86. The molecule has 0 bridgehead atoms. The van der Waals surface area contributed by atoms with E-state index in [1.54, 1.807) is 6.20 Å². The summed E-state index contributed by atoms with van der Waals surface area (Å²) in [4.78, 5) is 4.23. The lowest BCUT2D eigenvalue weighted by molar-refractivity contribution is 0.840. The standard InChI is InChI=1S/C10H14ClN5/c1-3-8(11)6-13-9-10-15-14-7(2)16(10)5-4-12-9/h4-5,8H,3,6H2,1-2H3,(H,12,13). The summed E-state index contributed by atoms with van der Waals surface area (Å²) in [5.41, 5.74) is 0.736. The highest BCUT2D eigenvalue weighted by molar-refractivity contribution is 6.20. The van der Waals surface area contributed by atoms with E-state index < -0.39 is 0 Å². The van der Waals surface area contributed by atoms with E-state index in [-0.39, 0.29) is 5.38 Å². The van der Waals surface area contributed by atoms with Crippen LogP contribution < -0.4 is 5.32 Å². The molecule has 0 saturated carbocycles. The second-order valence-electron chi connectivity index (χ2n) is 3.60. The summed E-state index contributed by atoms with van der Waals surface area (Å²) in [7, 11) is 0. The molecule has 6 heteroatoms. The van der Waals surface area contributed by atoms with E-state index in [1.807, 2.05) is 17.5 Å². The number of halogens is 1. The Hall–Kier alpha value is -1.36. The predicted molar refractivity (Wildman–Crippen MR) is 63.9 cm³/mol. The number of nitrogens with zero attached hydrogens (tertiary/aromatic N) is 4. The number of hydrogen-bond donors (Lipinski definition) is 1. The first-order valence-electron chi connectivity index (χ1n) is 5.26. The average molecular weight is 240 g/mol. The number of aryl methyl sites for hydroxylation is 1. The SMILES string of the molecule is CCC(Cl)CNc1nccn2c(C)nnc12. The highest BCUT2D eigenvalue weighted by Crippen LogP contribution is 2.12. The molecule has 0 aromatic carbocycles. The molecule has 2 rings (SSSR count). The van der Waals surface area contributed by atoms with Crippen molar-refractivity contribution in [1.82, 2.24) is 19.6 Å². The molecule has 2 heterocycles. The van der Waals surface area contributed by atoms with Gasteiger partial charge in [-0.25, -0.2) is 4.98 Å². The maximum Gasteiger partial charge on any atom is 0.203 e. The Morgan fingerprint density at radius 1 is 1.50 bits per heavy atom. The zero-order valence-corrected chi connectivity index (χ0v) is 10.1. The van der Waals surface area contributed by atoms with Crippen LogP contribution in [0.3, 0.4) is 0 Å². The molecule has 0 radical (unpaired) electrons. The van der Waals surface area contributed by atoms with Crippen LogP contribution >= 0.6 is 11.6 Å². The van der Waals surface area contributed by atoms with Gasteiger partial charge in [0.25, 0.3) is 0 Å². The Balaban J connectivity index is 2.24. The van der Waals surface area contributed by atoms with Crippen molar-refractivity contribution >= 4 is 23.1 Å². The van der Waals surface area contributed by atoms with Gasteiger partial charge >= 0.3 is 0 Å². The topological polar surface area (TPSA) is 55.1 Å². The minimum Gasteiger partial charge on any atom is -0.365 e. The van der Waals surface area contributed by atoms with Gasteiger partial charge < -0.3 is 5.32 Å². The lowest BCUT2D eigenvalue weighted by Crippen LogP contribution is -2.14. The zero-order valence-electron chi connectivity index (χ0n) is 9.31. The third kappa shape index (κ3) is 2.09. The van der Waals surface area contributed by atoms with Crippen molar-refractivity contribution in [2.45, 2.75) is 25.6 Å². The summed E-state index contributed by atoms with van der Waals surface area (Å²) in [5, 5.41) is 11.4. The summed E-state index contributed by atoms with van der Waals surface area (Å²) >= 11 is 6.04. The molecule has 0 aliphatic carbocycles. The third-order valence-corrected chi connectivity index (χ3v) is 2.89. The maximum absolute atomic E-state index is 6.04. The van der Waals surface area contributed by atoms with Crippen molar-refractivity contribution in [2.75, 3.05) is 11.9 Å². The van der Waals surface area contributed by atoms with Crippen LogP contribution in [0.25, 0.3) is 5.65 Å². The molecule has 1 atom stereocenters. The fourth-order valence-electron chi connectivity index (χ4n) is 1.42. The van der Waals surface area contributed by atoms with Crippen molar-refractivity contribution in [1.29, 1.82) is 0 Å². The van der Waals surface area contributed by atoms with Crippen LogP contribution in [0.4, 0.5) is 5.82 Å². The van der Waals surface area contributed by atoms with Crippen molar-refractivity contribution < 1.29 is 0 Å². The first kappa shape index (κ1) is 11.1. The molecule has 5 nitrogen and oxygen atoms in total. The summed E-state index contributed by atoms with van der Waals surface area (Å²) < 4.78 is 1.89. The molecule has 0 saturated heterocycles. The van der Waals surface area contributed by atoms with Crippen LogP contribution in [-0.4, -0.2) is 31.5 Å². The fraction of sp³-hybridized carbons (Fsp3) is 0.500. The molecule has 0 spiro atoms. The highest BCUT2D eigenvalue weighted by atomic mass is 35.5. The van der Waals surface area contributed by atoms with Crippen LogP contribution in [0.2, 0.25) is 0 Å². The Kier molecular flexibility index (Phi) is 3.24. The molecular formula is C10H14ClN5. The normalized spacial score (nSPS) is 12.9. The molecule has 16 heavy (non-hydrogen) atoms. The molecule has 1 N–H and O–H groups in total. The molecule has 1 unspecified atom stereocenters. The molecule has 0 aliphatic rings. The summed E-state index contributed by atoms with van der Waals surface area (Å²) in [6.07, 6.45) is 4.48. The molecule has 0 aliphatic heterocycles. The van der Waals surface area contributed by atoms with Crippen molar-refractivity contribution in [2.24, 2.45) is 0 Å². The van der Waals surface area contributed by atoms with Gasteiger partial charge in [0, 0.05) is 18.9 Å². The van der Waals surface area contributed by atoms with E-state index in [0.717, 1.165) is 23.7 Å². The maximum atomic E-state index is 6.04. The largest absolute Gasteiger partial charge is 0.365 e. The number of nitrogens with one attached hydrogen (secondary N) is 1. The fourth-order valence-corrected chi connectivity index (χ4v) is 1.50. The molecule has 2 aromatic rings. The smallest absolute Gasteiger partial charge is 0.203 e. The van der Waals surface area contributed by atoms with Gasteiger partial charge in [-0.2, -0.15) is 0 Å². The van der Waals surface area contributed by atoms with Crippen LogP contribution in [-0.2, 0) is 0 Å². The Morgan fingerprint density at radius 3 is 3.06 bits per heavy atom. The van der Waals surface area contributed by atoms with Crippen LogP contribution in [0.15, 0.2) is 12.4 Å². The summed E-state index contributed by atoms with van der Waals surface area (Å²) in [6, 6.07) is 0.